The molecule has 0 radical (unpaired) electrons. The van der Waals surface area contributed by atoms with Crippen molar-refractivity contribution >= 4 is 23.8 Å². The molecule has 2 amide bonds. The summed E-state index contributed by atoms with van der Waals surface area (Å²) in [6.45, 7) is 0. The van der Waals surface area contributed by atoms with Crippen LogP contribution in [0.5, 0.6) is 0 Å². The van der Waals surface area contributed by atoms with E-state index in [0.29, 0.717) is 0 Å². The van der Waals surface area contributed by atoms with Crippen LogP contribution in [-0.4, -0.2) is 48.9 Å². The van der Waals surface area contributed by atoms with E-state index in [0.717, 1.165) is 19.1 Å². The van der Waals surface area contributed by atoms with E-state index in [-0.39, 0.29) is 17.5 Å². The monoisotopic (exact) mass is 303 g/mol. The molecule has 0 saturated heterocycles. The van der Waals surface area contributed by atoms with E-state index in [1.165, 1.54) is 12.1 Å². The van der Waals surface area contributed by atoms with Crippen LogP contribution in [0.3, 0.4) is 0 Å². The molecule has 3 rings (SSSR count). The van der Waals surface area contributed by atoms with Crippen LogP contribution in [0.25, 0.3) is 0 Å². The smallest absolute Gasteiger partial charge is 0.325 e. The molecule has 0 aromatic heterocycles. The van der Waals surface area contributed by atoms with Crippen molar-refractivity contribution < 1.29 is 28.7 Å². The molecule has 1 heterocycles. The second kappa shape index (κ2) is 4.66. The maximum Gasteiger partial charge on any atom is 0.325 e. The lowest BCUT2D eigenvalue weighted by Gasteiger charge is -2.18. The third-order valence-electron chi connectivity index (χ3n) is 4.16. The molecule has 0 N–H and O–H groups in total. The zero-order valence-electron chi connectivity index (χ0n) is 12.0. The van der Waals surface area contributed by atoms with Crippen molar-refractivity contribution in [1.29, 1.82) is 0 Å². The Morgan fingerprint density at radius 1 is 1.05 bits per heavy atom. The molecule has 1 atom stereocenters. The minimum Gasteiger partial charge on any atom is -0.468 e. The molecule has 0 unspecified atom stereocenters. The van der Waals surface area contributed by atoms with Gasteiger partial charge in [0.2, 0.25) is 0 Å². The number of carbonyl (C=O) groups is 4. The van der Waals surface area contributed by atoms with Crippen molar-refractivity contribution in [3.8, 4) is 0 Å². The van der Waals surface area contributed by atoms with Gasteiger partial charge in [-0.3, -0.25) is 24.1 Å². The summed E-state index contributed by atoms with van der Waals surface area (Å²) in [6, 6.07) is 5.49. The number of benzene rings is 1. The summed E-state index contributed by atoms with van der Waals surface area (Å²) in [4.78, 5) is 49.7. The molecule has 0 spiro atoms. The number of esters is 2. The highest BCUT2D eigenvalue weighted by Crippen LogP contribution is 2.53. The van der Waals surface area contributed by atoms with Gasteiger partial charge in [-0.05, 0) is 18.6 Å². The quantitative estimate of drug-likeness (QED) is 0.456. The molecule has 1 fully saturated rings. The molecule has 1 aliphatic heterocycles. The van der Waals surface area contributed by atoms with Gasteiger partial charge in [-0.15, -0.1) is 0 Å². The molecular weight excluding hydrogens is 290 g/mol. The first-order valence-corrected chi connectivity index (χ1v) is 6.62. The third kappa shape index (κ3) is 1.62. The zero-order valence-corrected chi connectivity index (χ0v) is 12.0. The number of hydrogen-bond donors (Lipinski definition) is 0. The number of imide groups is 1. The van der Waals surface area contributed by atoms with Crippen molar-refractivity contribution in [2.75, 3.05) is 14.2 Å². The van der Waals surface area contributed by atoms with Crippen LogP contribution in [0.15, 0.2) is 24.3 Å². The molecule has 7 nitrogen and oxygen atoms in total. The first-order valence-electron chi connectivity index (χ1n) is 6.62. The Labute approximate surface area is 125 Å². The van der Waals surface area contributed by atoms with Crippen LogP contribution in [0.1, 0.15) is 27.1 Å². The minimum absolute atomic E-state index is 0.0117. The number of amides is 2. The van der Waals surface area contributed by atoms with Crippen molar-refractivity contribution in [2.24, 2.45) is 5.41 Å². The number of fused-ring (bicyclic) bond motifs is 1. The molecule has 7 heteroatoms. The number of ether oxygens (including phenoxy) is 2. The average Bonchev–Trinajstić information content (AvgIpc) is 3.23. The minimum atomic E-state index is -1.61. The van der Waals surface area contributed by atoms with E-state index in [4.69, 9.17) is 0 Å². The summed E-state index contributed by atoms with van der Waals surface area (Å²) in [5, 5.41) is 0. The zero-order chi connectivity index (χ0) is 16.1. The largest absolute Gasteiger partial charge is 0.468 e. The van der Waals surface area contributed by atoms with Crippen LogP contribution in [0.2, 0.25) is 0 Å². The van der Waals surface area contributed by atoms with E-state index in [1.54, 1.807) is 12.1 Å². The lowest BCUT2D eigenvalue weighted by Crippen LogP contribution is -2.41. The number of nitrogens with zero attached hydrogens (tertiary/aromatic N) is 1. The van der Waals surface area contributed by atoms with Gasteiger partial charge in [-0.25, -0.2) is 0 Å². The standard InChI is InChI=1S/C15H13NO6/c1-21-13(19)15(14(20)22-2)7-10(15)16-11(17)8-5-3-4-6-9(8)12(16)18/h3-6,10H,7H2,1-2H3/t10-/m0/s1. The maximum atomic E-state index is 12.4. The van der Waals surface area contributed by atoms with E-state index in [1.807, 2.05) is 0 Å². The Hall–Kier alpha value is -2.70. The third-order valence-corrected chi connectivity index (χ3v) is 4.16. The highest BCUT2D eigenvalue weighted by Gasteiger charge is 2.72. The lowest BCUT2D eigenvalue weighted by molar-refractivity contribution is -0.161. The predicted molar refractivity (Wildman–Crippen MR) is 71.8 cm³/mol. The predicted octanol–water partition coefficient (Wildman–Crippen LogP) is 0.387. The summed E-state index contributed by atoms with van der Waals surface area (Å²) in [5.74, 6) is -2.64. The lowest BCUT2D eigenvalue weighted by atomic mass is 10.1. The molecule has 1 aromatic carbocycles. The van der Waals surface area contributed by atoms with Gasteiger partial charge >= 0.3 is 11.9 Å². The van der Waals surface area contributed by atoms with Crippen LogP contribution in [0.4, 0.5) is 0 Å². The normalized spacial score (nSPS) is 21.4. The van der Waals surface area contributed by atoms with Crippen LogP contribution < -0.4 is 0 Å². The van der Waals surface area contributed by atoms with E-state index in [2.05, 4.69) is 9.47 Å². The Balaban J connectivity index is 1.98. The van der Waals surface area contributed by atoms with Gasteiger partial charge in [-0.2, -0.15) is 0 Å². The highest BCUT2D eigenvalue weighted by atomic mass is 16.5. The van der Waals surface area contributed by atoms with Crippen molar-refractivity contribution in [3.05, 3.63) is 35.4 Å². The fourth-order valence-electron chi connectivity index (χ4n) is 2.94. The summed E-state index contributed by atoms with van der Waals surface area (Å²) in [5.41, 5.74) is -1.08. The number of rotatable bonds is 3. The van der Waals surface area contributed by atoms with Gasteiger partial charge in [0, 0.05) is 0 Å². The van der Waals surface area contributed by atoms with Gasteiger partial charge in [0.15, 0.2) is 5.41 Å². The Morgan fingerprint density at radius 3 is 1.91 bits per heavy atom. The van der Waals surface area contributed by atoms with E-state index in [9.17, 15) is 19.2 Å². The summed E-state index contributed by atoms with van der Waals surface area (Å²) >= 11 is 0. The molecule has 1 aliphatic carbocycles. The van der Waals surface area contributed by atoms with E-state index >= 15 is 0 Å². The van der Waals surface area contributed by atoms with Gasteiger partial charge < -0.3 is 9.47 Å². The first kappa shape index (κ1) is 14.2. The Morgan fingerprint density at radius 2 is 1.50 bits per heavy atom. The van der Waals surface area contributed by atoms with Gasteiger partial charge in [0.1, 0.15) is 0 Å². The van der Waals surface area contributed by atoms with Crippen LogP contribution >= 0.6 is 0 Å². The molecule has 1 aromatic rings. The van der Waals surface area contributed by atoms with Crippen molar-refractivity contribution in [3.63, 3.8) is 0 Å². The van der Waals surface area contributed by atoms with Gasteiger partial charge in [0.25, 0.3) is 11.8 Å². The summed E-state index contributed by atoms with van der Waals surface area (Å²) in [7, 11) is 2.29. The molecule has 1 saturated carbocycles. The highest BCUT2D eigenvalue weighted by molar-refractivity contribution is 6.23. The average molecular weight is 303 g/mol. The molecule has 0 bridgehead atoms. The first-order chi connectivity index (χ1) is 10.5. The van der Waals surface area contributed by atoms with Crippen molar-refractivity contribution in [1.82, 2.24) is 4.90 Å². The summed E-state index contributed by atoms with van der Waals surface area (Å²) < 4.78 is 9.30. The fraction of sp³-hybridized carbons (Fsp3) is 0.333. The molecule has 22 heavy (non-hydrogen) atoms. The number of carbonyl (C=O) groups excluding carboxylic acids is 4. The van der Waals surface area contributed by atoms with Gasteiger partial charge in [-0.1, -0.05) is 12.1 Å². The van der Waals surface area contributed by atoms with Gasteiger partial charge in [0.05, 0.1) is 31.4 Å². The van der Waals surface area contributed by atoms with Crippen LogP contribution in [-0.2, 0) is 19.1 Å². The fourth-order valence-corrected chi connectivity index (χ4v) is 2.94. The topological polar surface area (TPSA) is 90.0 Å². The Bertz CT molecular complexity index is 659. The molecular formula is C15H13NO6. The number of methoxy groups -OCH3 is 2. The Kier molecular flexibility index (Phi) is 3.01. The van der Waals surface area contributed by atoms with Crippen molar-refractivity contribution in [2.45, 2.75) is 12.5 Å². The molecule has 114 valence electrons. The van der Waals surface area contributed by atoms with Crippen LogP contribution in [0, 0.1) is 5.41 Å². The summed E-state index contributed by atoms with van der Waals surface area (Å²) in [6.07, 6.45) is 0.0117. The SMILES string of the molecule is COC(=O)C1(C(=O)OC)C[C@@H]1N1C(=O)c2ccccc2C1=O. The maximum absolute atomic E-state index is 12.4. The second-order valence-corrected chi connectivity index (χ2v) is 5.20. The second-order valence-electron chi connectivity index (χ2n) is 5.20. The van der Waals surface area contributed by atoms with E-state index < -0.39 is 35.2 Å². The number of hydrogen-bond acceptors (Lipinski definition) is 6. The molecule has 2 aliphatic rings.